The Bertz CT molecular complexity index is 2600. The zero-order valence-electron chi connectivity index (χ0n) is 63.7. The quantitative estimate of drug-likeness (QED) is 0.0146. The van der Waals surface area contributed by atoms with Crippen LogP contribution in [-0.4, -0.2) is 95.9 Å². The molecule has 584 valence electrons. The van der Waals surface area contributed by atoms with Gasteiger partial charge in [0.05, 0.1) is 26.4 Å². The molecule has 0 bridgehead atoms. The van der Waals surface area contributed by atoms with Gasteiger partial charge in [-0.15, -0.1) is 0 Å². The topological polar surface area (TPSA) is 231 Å². The van der Waals surface area contributed by atoms with Gasteiger partial charge in [-0.1, -0.05) is 287 Å². The number of carbonyl (C=O) groups excluding carboxylic acids is 3. The van der Waals surface area contributed by atoms with Gasteiger partial charge in [0.15, 0.2) is 6.10 Å². The highest BCUT2D eigenvalue weighted by atomic mass is 31.2. The molecule has 0 spiro atoms. The summed E-state index contributed by atoms with van der Waals surface area (Å²) < 4.78 is 61.0. The summed E-state index contributed by atoms with van der Waals surface area (Å²) in [6.45, 7) is 2.30. The predicted octanol–water partition coefficient (Wildman–Crippen LogP) is 23.0. The molecule has 5 atom stereocenters. The van der Waals surface area contributed by atoms with Crippen LogP contribution in [0.25, 0.3) is 0 Å². The third kappa shape index (κ3) is 77.6. The van der Waals surface area contributed by atoms with Crippen molar-refractivity contribution >= 4 is 33.6 Å². The van der Waals surface area contributed by atoms with Gasteiger partial charge in [-0.3, -0.25) is 32.5 Å². The first kappa shape index (κ1) is 97.7. The van der Waals surface area contributed by atoms with Crippen molar-refractivity contribution in [2.75, 3.05) is 39.6 Å². The van der Waals surface area contributed by atoms with E-state index >= 15 is 0 Å². The Morgan fingerprint density at radius 1 is 0.282 bits per heavy atom. The SMILES string of the molecule is CC/C=C\C/C=C\C/C=C\C/C=C\C/C=C\C/C=C\CCCCCCC(=O)OCC(COP(=O)(O)OCC(O)COP(=O)(O)OCC(O)COC(=O)CCCCCCCCCCCCC/C=C\C/C=C\C/C=C\C/C=C\CCCCC)OC(=O)CCC/C=C\C/C=C\C/C=C\C/C=C\C/C=C\CC. The first-order valence-electron chi connectivity index (χ1n) is 39.1. The second-order valence-electron chi connectivity index (χ2n) is 25.4. The minimum absolute atomic E-state index is 0.0125. The highest BCUT2D eigenvalue weighted by Crippen LogP contribution is 2.45. The number of unbranched alkanes of at least 4 members (excludes halogenated alkanes) is 19. The largest absolute Gasteiger partial charge is 0.472 e. The Balaban J connectivity index is 4.69. The second-order valence-corrected chi connectivity index (χ2v) is 28.3. The molecule has 0 aliphatic rings. The molecule has 0 radical (unpaired) electrons. The average Bonchev–Trinajstić information content (AvgIpc) is 0.918. The second kappa shape index (κ2) is 76.3. The molecule has 0 fully saturated rings. The molecule has 0 rings (SSSR count). The number of carbonyl (C=O) groups is 3. The molecule has 5 unspecified atom stereocenters. The molecule has 18 heteroatoms. The van der Waals surface area contributed by atoms with Crippen molar-refractivity contribution in [1.29, 1.82) is 0 Å². The van der Waals surface area contributed by atoms with E-state index < -0.39 is 91.5 Å². The number of phosphoric ester groups is 2. The van der Waals surface area contributed by atoms with Gasteiger partial charge in [0, 0.05) is 19.3 Å². The highest BCUT2D eigenvalue weighted by Gasteiger charge is 2.29. The Morgan fingerprint density at radius 3 is 0.845 bits per heavy atom. The van der Waals surface area contributed by atoms with Crippen molar-refractivity contribution in [3.05, 3.63) is 182 Å². The molecule has 0 aliphatic heterocycles. The third-order valence-corrected chi connectivity index (χ3v) is 17.5. The van der Waals surface area contributed by atoms with Crippen LogP contribution in [0.3, 0.4) is 0 Å². The van der Waals surface area contributed by atoms with Crippen LogP contribution in [0.1, 0.15) is 278 Å². The molecule has 16 nitrogen and oxygen atoms in total. The van der Waals surface area contributed by atoms with Gasteiger partial charge < -0.3 is 34.2 Å². The van der Waals surface area contributed by atoms with E-state index in [0.29, 0.717) is 25.7 Å². The monoisotopic (exact) mass is 1480 g/mol. The van der Waals surface area contributed by atoms with E-state index in [1.807, 2.05) is 12.2 Å². The van der Waals surface area contributed by atoms with E-state index in [2.05, 4.69) is 191 Å². The van der Waals surface area contributed by atoms with Gasteiger partial charge in [-0.25, -0.2) is 9.13 Å². The number of phosphoric acid groups is 2. The van der Waals surface area contributed by atoms with Gasteiger partial charge in [0.25, 0.3) is 0 Å². The van der Waals surface area contributed by atoms with Crippen LogP contribution in [0.4, 0.5) is 0 Å². The maximum atomic E-state index is 13.0. The Kier molecular flexibility index (Phi) is 72.3. The minimum atomic E-state index is -4.96. The van der Waals surface area contributed by atoms with Crippen molar-refractivity contribution in [2.45, 2.75) is 296 Å². The van der Waals surface area contributed by atoms with Crippen molar-refractivity contribution in [3.63, 3.8) is 0 Å². The lowest BCUT2D eigenvalue weighted by Crippen LogP contribution is -2.30. The zero-order valence-corrected chi connectivity index (χ0v) is 65.5. The van der Waals surface area contributed by atoms with Crippen molar-refractivity contribution in [1.82, 2.24) is 0 Å². The summed E-state index contributed by atoms with van der Waals surface area (Å²) in [6.07, 6.45) is 98.0. The van der Waals surface area contributed by atoms with Crippen LogP contribution in [-0.2, 0) is 55.8 Å². The fourth-order valence-electron chi connectivity index (χ4n) is 9.71. The van der Waals surface area contributed by atoms with Crippen LogP contribution in [0.15, 0.2) is 182 Å². The molecule has 0 aromatic heterocycles. The summed E-state index contributed by atoms with van der Waals surface area (Å²) in [7, 11) is -9.83. The number of rotatable bonds is 72. The van der Waals surface area contributed by atoms with Crippen LogP contribution < -0.4 is 0 Å². The highest BCUT2D eigenvalue weighted by molar-refractivity contribution is 7.47. The molecule has 0 aromatic carbocycles. The molecule has 0 saturated heterocycles. The van der Waals surface area contributed by atoms with Gasteiger partial charge in [-0.2, -0.15) is 0 Å². The van der Waals surface area contributed by atoms with Gasteiger partial charge in [0.1, 0.15) is 25.4 Å². The Hall–Kier alpha value is -5.35. The smallest absolute Gasteiger partial charge is 0.463 e. The van der Waals surface area contributed by atoms with Crippen LogP contribution in [0.5, 0.6) is 0 Å². The Morgan fingerprint density at radius 2 is 0.524 bits per heavy atom. The van der Waals surface area contributed by atoms with E-state index in [9.17, 15) is 43.5 Å². The summed E-state index contributed by atoms with van der Waals surface area (Å²) in [6, 6.07) is 0. The lowest BCUT2D eigenvalue weighted by atomic mass is 10.0. The van der Waals surface area contributed by atoms with E-state index in [-0.39, 0.29) is 19.3 Å². The number of esters is 3. The number of hydrogen-bond donors (Lipinski definition) is 4. The number of aliphatic hydroxyl groups excluding tert-OH is 2. The maximum Gasteiger partial charge on any atom is 0.472 e. The van der Waals surface area contributed by atoms with Crippen molar-refractivity contribution in [3.8, 4) is 0 Å². The Labute approximate surface area is 624 Å². The van der Waals surface area contributed by atoms with Gasteiger partial charge >= 0.3 is 33.6 Å². The summed E-state index contributed by atoms with van der Waals surface area (Å²) in [5, 5.41) is 20.6. The molecule has 4 N–H and O–H groups in total. The maximum absolute atomic E-state index is 13.0. The fourth-order valence-corrected chi connectivity index (χ4v) is 11.3. The lowest BCUT2D eigenvalue weighted by molar-refractivity contribution is -0.161. The summed E-state index contributed by atoms with van der Waals surface area (Å²) in [4.78, 5) is 58.6. The van der Waals surface area contributed by atoms with Crippen LogP contribution in [0.2, 0.25) is 0 Å². The molecule has 0 aromatic rings. The molecular weight excluding hydrogens is 1340 g/mol. The average molecular weight is 1480 g/mol. The molecular formula is C85H138O16P2. The first-order valence-corrected chi connectivity index (χ1v) is 42.1. The van der Waals surface area contributed by atoms with Crippen LogP contribution >= 0.6 is 15.6 Å². The molecule has 0 heterocycles. The molecule has 0 aliphatic carbocycles. The summed E-state index contributed by atoms with van der Waals surface area (Å²) >= 11 is 0. The molecule has 0 saturated carbocycles. The number of aliphatic hydroxyl groups is 2. The standard InChI is InChI=1S/C85H138O16P2/c1-4-7-10-13-16-19-22-25-28-31-33-35-37-38-39-40-42-44-45-48-50-53-56-59-62-65-68-71-83(88)95-74-80(86)75-97-102(91,92)98-76-81(87)77-99-103(93,94)100-79-82(101-85(90)73-70-67-64-61-58-55-52-47-30-27-24-21-18-15-12-9-6-3)78-96-84(89)72-69-66-63-60-57-54-51-49-46-43-41-36-34-32-29-26-23-20-17-14-11-8-5-2/h8-9,11-12,16-21,25-30,33-36,38-39,43,46,51-52,54-55,61,64,80-82,86-87H,4-7,10,13-15,22-24,31-32,37,40-42,44-45,47-50,53,56-60,62-63,65-79H2,1-3H3,(H,91,92)(H,93,94)/b11-8-,12-9-,19-16-,20-17-,21-18-,28-25-,29-26-,30-27-,35-33-,36-34-,39-38-,46-43-,54-51-,55-52-,64-61-. The van der Waals surface area contributed by atoms with Crippen molar-refractivity contribution < 1.29 is 75.8 Å². The number of ether oxygens (including phenoxy) is 3. The summed E-state index contributed by atoms with van der Waals surface area (Å²) in [5.41, 5.74) is 0. The van der Waals surface area contributed by atoms with E-state index in [1.54, 1.807) is 0 Å². The first-order chi connectivity index (χ1) is 50.2. The van der Waals surface area contributed by atoms with Crippen LogP contribution in [0, 0.1) is 0 Å². The number of allylic oxidation sites excluding steroid dienone is 30. The summed E-state index contributed by atoms with van der Waals surface area (Å²) in [5.74, 6) is -1.69. The predicted molar refractivity (Wildman–Crippen MR) is 426 cm³/mol. The third-order valence-electron chi connectivity index (χ3n) is 15.6. The molecule has 103 heavy (non-hydrogen) atoms. The van der Waals surface area contributed by atoms with Crippen molar-refractivity contribution in [2.24, 2.45) is 0 Å². The van der Waals surface area contributed by atoms with E-state index in [4.69, 9.17) is 32.3 Å². The molecule has 0 amide bonds. The minimum Gasteiger partial charge on any atom is -0.463 e. The van der Waals surface area contributed by atoms with Gasteiger partial charge in [-0.05, 0) is 154 Å². The van der Waals surface area contributed by atoms with E-state index in [1.165, 1.54) is 64.2 Å². The van der Waals surface area contributed by atoms with E-state index in [0.717, 1.165) is 148 Å². The normalized spacial score (nSPS) is 15.0. The zero-order chi connectivity index (χ0) is 75.2. The fraction of sp³-hybridized carbons (Fsp3) is 0.612. The number of hydrogen-bond acceptors (Lipinski definition) is 14. The van der Waals surface area contributed by atoms with Gasteiger partial charge in [0.2, 0.25) is 0 Å². The lowest BCUT2D eigenvalue weighted by Gasteiger charge is -2.21.